The van der Waals surface area contributed by atoms with Crippen LogP contribution in [-0.2, 0) is 0 Å². The molecule has 1 aromatic carbocycles. The second-order valence-electron chi connectivity index (χ2n) is 2.42. The lowest BCUT2D eigenvalue weighted by Gasteiger charge is -1.92. The molecule has 0 amide bonds. The second kappa shape index (κ2) is 2.20. The van der Waals surface area contributed by atoms with Gasteiger partial charge in [0, 0.05) is 11.1 Å². The van der Waals surface area contributed by atoms with E-state index in [0.29, 0.717) is 0 Å². The molecule has 1 aromatic heterocycles. The molecule has 54 valence electrons. The van der Waals surface area contributed by atoms with Crippen molar-refractivity contribution in [2.24, 2.45) is 0 Å². The molecule has 0 aliphatic rings. The topological polar surface area (TPSA) is 53.0 Å². The summed E-state index contributed by atoms with van der Waals surface area (Å²) < 4.78 is 0. The molecule has 0 spiro atoms. The first-order chi connectivity index (χ1) is 5.36. The highest BCUT2D eigenvalue weighted by Gasteiger charge is 1.95. The first kappa shape index (κ1) is 6.09. The molecule has 11 heavy (non-hydrogen) atoms. The molecule has 3 nitrogen and oxygen atoms in total. The third-order valence-corrected chi connectivity index (χ3v) is 1.61. The monoisotopic (exact) mass is 146 g/mol. The van der Waals surface area contributed by atoms with Crippen LogP contribution < -0.4 is 10.8 Å². The normalized spacial score (nSPS) is 10.2. The Labute approximate surface area is 63.9 Å². The Morgan fingerprint density at radius 2 is 2.18 bits per heavy atom. The van der Waals surface area contributed by atoms with Gasteiger partial charge in [0.05, 0.1) is 5.39 Å². The van der Waals surface area contributed by atoms with Crippen molar-refractivity contribution >= 4 is 16.5 Å². The van der Waals surface area contributed by atoms with Crippen LogP contribution in [0.4, 0.5) is 5.69 Å². The Morgan fingerprint density at radius 1 is 1.27 bits per heavy atom. The molecule has 1 heterocycles. The summed E-state index contributed by atoms with van der Waals surface area (Å²) in [6.07, 6.45) is 3.60. The molecule has 2 aromatic rings. The zero-order valence-corrected chi connectivity index (χ0v) is 5.91. The van der Waals surface area contributed by atoms with Crippen LogP contribution in [0.25, 0.3) is 10.8 Å². The number of nitrogen functional groups attached to an aromatic ring is 1. The van der Waals surface area contributed by atoms with E-state index in [9.17, 15) is 0 Å². The lowest BCUT2D eigenvalue weighted by atomic mass is 10.2. The molecule has 0 fully saturated rings. The van der Waals surface area contributed by atoms with Gasteiger partial charge in [0.2, 0.25) is 6.20 Å². The summed E-state index contributed by atoms with van der Waals surface area (Å²) in [5, 5.41) is 8.81. The van der Waals surface area contributed by atoms with Crippen molar-refractivity contribution in [3.8, 4) is 0 Å². The zero-order chi connectivity index (χ0) is 7.68. The van der Waals surface area contributed by atoms with E-state index in [4.69, 9.17) is 5.73 Å². The van der Waals surface area contributed by atoms with Gasteiger partial charge in [-0.3, -0.25) is 0 Å². The number of rotatable bonds is 0. The molecule has 2 rings (SSSR count). The molecule has 3 heteroatoms. The van der Waals surface area contributed by atoms with Crippen molar-refractivity contribution in [3.05, 3.63) is 30.6 Å². The molecule has 3 N–H and O–H groups in total. The predicted molar refractivity (Wildman–Crippen MR) is 42.7 cm³/mol. The van der Waals surface area contributed by atoms with E-state index in [0.717, 1.165) is 16.5 Å². The van der Waals surface area contributed by atoms with Gasteiger partial charge in [-0.1, -0.05) is 6.07 Å². The SMILES string of the molecule is Nc1ccc2cn[nH+]cc2c1. The summed E-state index contributed by atoms with van der Waals surface area (Å²) in [6.45, 7) is 0. The van der Waals surface area contributed by atoms with Crippen LogP contribution in [0.2, 0.25) is 0 Å². The molecular weight excluding hydrogens is 138 g/mol. The predicted octanol–water partition coefficient (Wildman–Crippen LogP) is 0.631. The van der Waals surface area contributed by atoms with Crippen LogP contribution in [0, 0.1) is 0 Å². The minimum Gasteiger partial charge on any atom is -0.399 e. The van der Waals surface area contributed by atoms with Crippen LogP contribution in [-0.4, -0.2) is 5.10 Å². The van der Waals surface area contributed by atoms with E-state index in [1.807, 2.05) is 24.4 Å². The maximum Gasteiger partial charge on any atom is 0.201 e. The van der Waals surface area contributed by atoms with E-state index in [-0.39, 0.29) is 0 Å². The average molecular weight is 146 g/mol. The Balaban J connectivity index is 2.83. The fourth-order valence-corrected chi connectivity index (χ4v) is 1.05. The van der Waals surface area contributed by atoms with Gasteiger partial charge in [-0.25, -0.2) is 0 Å². The summed E-state index contributed by atoms with van der Waals surface area (Å²) in [5.41, 5.74) is 6.36. The number of aromatic nitrogens is 2. The molecule has 0 radical (unpaired) electrons. The van der Waals surface area contributed by atoms with Gasteiger partial charge in [-0.2, -0.15) is 0 Å². The van der Waals surface area contributed by atoms with E-state index in [2.05, 4.69) is 10.2 Å². The van der Waals surface area contributed by atoms with Crippen molar-refractivity contribution in [1.29, 1.82) is 0 Å². The highest BCUT2D eigenvalue weighted by molar-refractivity contribution is 5.83. The molecule has 0 aliphatic carbocycles. The van der Waals surface area contributed by atoms with Crippen molar-refractivity contribution in [1.82, 2.24) is 5.10 Å². The summed E-state index contributed by atoms with van der Waals surface area (Å²) in [4.78, 5) is 0. The first-order valence-electron chi connectivity index (χ1n) is 3.37. The number of nitrogens with one attached hydrogen (secondary N) is 1. The van der Waals surface area contributed by atoms with Crippen LogP contribution >= 0.6 is 0 Å². The number of nitrogens with zero attached hydrogens (tertiary/aromatic N) is 1. The fourth-order valence-electron chi connectivity index (χ4n) is 1.05. The minimum atomic E-state index is 0.775. The standard InChI is InChI=1S/C8H7N3/c9-8-2-1-6-4-10-11-5-7(6)3-8/h1-5H,9H2/p+1. The van der Waals surface area contributed by atoms with E-state index in [1.54, 1.807) is 6.20 Å². The number of aromatic amines is 1. The Morgan fingerprint density at radius 3 is 3.09 bits per heavy atom. The van der Waals surface area contributed by atoms with Gasteiger partial charge in [0.1, 0.15) is 6.20 Å². The number of benzene rings is 1. The van der Waals surface area contributed by atoms with Gasteiger partial charge in [-0.15, -0.1) is 5.10 Å². The Bertz CT molecular complexity index is 384. The van der Waals surface area contributed by atoms with Crippen LogP contribution in [0.3, 0.4) is 0 Å². The summed E-state index contributed by atoms with van der Waals surface area (Å²) >= 11 is 0. The van der Waals surface area contributed by atoms with Gasteiger partial charge >= 0.3 is 0 Å². The quantitative estimate of drug-likeness (QED) is 0.554. The van der Waals surface area contributed by atoms with E-state index in [1.165, 1.54) is 0 Å². The number of anilines is 1. The lowest BCUT2D eigenvalue weighted by Crippen LogP contribution is -2.04. The zero-order valence-electron chi connectivity index (χ0n) is 5.91. The maximum atomic E-state index is 5.59. The van der Waals surface area contributed by atoms with Crippen molar-refractivity contribution in [2.75, 3.05) is 5.73 Å². The van der Waals surface area contributed by atoms with Gasteiger partial charge in [-0.05, 0) is 17.2 Å². The number of nitrogens with two attached hydrogens (primary N) is 1. The van der Waals surface area contributed by atoms with Gasteiger partial charge in [0.15, 0.2) is 0 Å². The molecule has 0 saturated heterocycles. The van der Waals surface area contributed by atoms with Crippen LogP contribution in [0.1, 0.15) is 0 Å². The molecule has 0 saturated carbocycles. The Hall–Kier alpha value is -1.64. The van der Waals surface area contributed by atoms with E-state index < -0.39 is 0 Å². The average Bonchev–Trinajstić information content (AvgIpc) is 2.04. The highest BCUT2D eigenvalue weighted by Crippen LogP contribution is 2.13. The molecule has 0 unspecified atom stereocenters. The number of hydrogen-bond acceptors (Lipinski definition) is 2. The van der Waals surface area contributed by atoms with E-state index >= 15 is 0 Å². The van der Waals surface area contributed by atoms with Gasteiger partial charge < -0.3 is 5.73 Å². The van der Waals surface area contributed by atoms with Crippen molar-refractivity contribution < 1.29 is 5.10 Å². The second-order valence-corrected chi connectivity index (χ2v) is 2.42. The van der Waals surface area contributed by atoms with Crippen LogP contribution in [0.5, 0.6) is 0 Å². The Kier molecular flexibility index (Phi) is 1.22. The maximum absolute atomic E-state index is 5.59. The molecule has 0 bridgehead atoms. The molecule has 0 aliphatic heterocycles. The fraction of sp³-hybridized carbons (Fsp3) is 0. The van der Waals surface area contributed by atoms with Gasteiger partial charge in [0.25, 0.3) is 0 Å². The van der Waals surface area contributed by atoms with Crippen molar-refractivity contribution in [3.63, 3.8) is 0 Å². The number of fused-ring (bicyclic) bond motifs is 1. The number of H-pyrrole nitrogens is 1. The minimum absolute atomic E-state index is 0.775. The van der Waals surface area contributed by atoms with Crippen LogP contribution in [0.15, 0.2) is 30.6 Å². The molecule has 0 atom stereocenters. The largest absolute Gasteiger partial charge is 0.399 e. The lowest BCUT2D eigenvalue weighted by molar-refractivity contribution is -0.453. The first-order valence-corrected chi connectivity index (χ1v) is 3.37. The molecular formula is C8H8N3+. The summed E-state index contributed by atoms with van der Waals surface area (Å²) in [7, 11) is 0. The van der Waals surface area contributed by atoms with Crippen molar-refractivity contribution in [2.45, 2.75) is 0 Å². The third kappa shape index (κ3) is 1.00. The smallest absolute Gasteiger partial charge is 0.201 e. The number of hydrogen-bond donors (Lipinski definition) is 1. The highest BCUT2D eigenvalue weighted by atomic mass is 15.1. The summed E-state index contributed by atoms with van der Waals surface area (Å²) in [5.74, 6) is 0. The third-order valence-electron chi connectivity index (χ3n) is 1.61. The summed E-state index contributed by atoms with van der Waals surface area (Å²) in [6, 6.07) is 5.73.